The molecule has 0 aliphatic heterocycles. The van der Waals surface area contributed by atoms with Crippen LogP contribution in [0.1, 0.15) is 0 Å². The molecule has 3 heteroatoms. The molecule has 0 unspecified atom stereocenters. The number of para-hydroxylation sites is 4. The Morgan fingerprint density at radius 3 is 1.02 bits per heavy atom. The molecule has 0 N–H and O–H groups in total. The largest absolute Gasteiger partial charge is 0.309 e. The summed E-state index contributed by atoms with van der Waals surface area (Å²) in [4.78, 5) is 0. The second-order valence-electron chi connectivity index (χ2n) is 15.0. The van der Waals surface area contributed by atoms with Crippen LogP contribution in [-0.2, 0) is 0 Å². The molecule has 266 valence electrons. The first kappa shape index (κ1) is 31.7. The van der Waals surface area contributed by atoms with Crippen LogP contribution in [0.3, 0.4) is 0 Å². The Labute approximate surface area is 329 Å². The lowest BCUT2D eigenvalue weighted by molar-refractivity contribution is 1.16. The predicted octanol–water partition coefficient (Wildman–Crippen LogP) is 14.3. The van der Waals surface area contributed by atoms with Gasteiger partial charge in [0.25, 0.3) is 0 Å². The lowest BCUT2D eigenvalue weighted by Gasteiger charge is -2.12. The maximum absolute atomic E-state index is 2.44. The summed E-state index contributed by atoms with van der Waals surface area (Å²) in [6.45, 7) is 0. The third-order valence-electron chi connectivity index (χ3n) is 11.8. The van der Waals surface area contributed by atoms with E-state index in [1.165, 1.54) is 87.7 Å². The molecule has 3 nitrogen and oxygen atoms in total. The molecule has 12 aromatic rings. The predicted molar refractivity (Wildman–Crippen MR) is 240 cm³/mol. The second kappa shape index (κ2) is 12.5. The van der Waals surface area contributed by atoms with E-state index in [0.717, 1.165) is 17.1 Å². The van der Waals surface area contributed by atoms with E-state index in [2.05, 4.69) is 226 Å². The van der Waals surface area contributed by atoms with Crippen molar-refractivity contribution < 1.29 is 0 Å². The number of rotatable bonds is 5. The minimum absolute atomic E-state index is 1.14. The van der Waals surface area contributed by atoms with Gasteiger partial charge in [0.15, 0.2) is 0 Å². The number of aromatic nitrogens is 3. The fourth-order valence-electron chi connectivity index (χ4n) is 9.29. The van der Waals surface area contributed by atoms with Gasteiger partial charge >= 0.3 is 0 Å². The van der Waals surface area contributed by atoms with Gasteiger partial charge in [0.05, 0.1) is 33.1 Å². The molecule has 0 aliphatic rings. The Hall–Kier alpha value is -7.62. The first-order chi connectivity index (χ1) is 28.3. The van der Waals surface area contributed by atoms with Gasteiger partial charge in [-0.05, 0) is 101 Å². The van der Waals surface area contributed by atoms with Crippen molar-refractivity contribution in [2.45, 2.75) is 0 Å². The van der Waals surface area contributed by atoms with Gasteiger partial charge in [-0.3, -0.25) is 0 Å². The molecule has 9 aromatic carbocycles. The topological polar surface area (TPSA) is 14.8 Å². The Balaban J connectivity index is 1.02. The van der Waals surface area contributed by atoms with E-state index < -0.39 is 0 Å². The van der Waals surface area contributed by atoms with E-state index in [-0.39, 0.29) is 0 Å². The summed E-state index contributed by atoms with van der Waals surface area (Å²) in [6.07, 6.45) is 0. The van der Waals surface area contributed by atoms with Gasteiger partial charge in [0.2, 0.25) is 0 Å². The average molecular weight is 726 g/mol. The summed E-state index contributed by atoms with van der Waals surface area (Å²) in [5, 5.41) is 7.48. The molecule has 3 heterocycles. The van der Waals surface area contributed by atoms with Crippen LogP contribution in [0.25, 0.3) is 105 Å². The smallest absolute Gasteiger partial charge is 0.0542 e. The quantitative estimate of drug-likeness (QED) is 0.168. The molecular formula is C54H35N3. The summed E-state index contributed by atoms with van der Waals surface area (Å²) in [7, 11) is 0. The molecule has 0 saturated carbocycles. The first-order valence-electron chi connectivity index (χ1n) is 19.6. The van der Waals surface area contributed by atoms with Crippen LogP contribution in [0, 0.1) is 0 Å². The highest BCUT2D eigenvalue weighted by atomic mass is 15.0. The van der Waals surface area contributed by atoms with E-state index in [4.69, 9.17) is 0 Å². The van der Waals surface area contributed by atoms with Crippen molar-refractivity contribution in [3.05, 3.63) is 212 Å². The van der Waals surface area contributed by atoms with Crippen LogP contribution in [0.5, 0.6) is 0 Å². The number of hydrogen-bond acceptors (Lipinski definition) is 0. The van der Waals surface area contributed by atoms with Gasteiger partial charge in [-0.25, -0.2) is 0 Å². The molecule has 0 bridgehead atoms. The van der Waals surface area contributed by atoms with E-state index in [9.17, 15) is 0 Å². The third kappa shape index (κ3) is 4.86. The zero-order valence-electron chi connectivity index (χ0n) is 31.0. The summed E-state index contributed by atoms with van der Waals surface area (Å²) in [5.41, 5.74) is 15.5. The van der Waals surface area contributed by atoms with Gasteiger partial charge in [-0.2, -0.15) is 0 Å². The van der Waals surface area contributed by atoms with Crippen LogP contribution in [-0.4, -0.2) is 13.7 Å². The Kier molecular flexibility index (Phi) is 6.93. The summed E-state index contributed by atoms with van der Waals surface area (Å²) >= 11 is 0. The average Bonchev–Trinajstić information content (AvgIpc) is 3.92. The van der Waals surface area contributed by atoms with Crippen LogP contribution < -0.4 is 0 Å². The first-order valence-corrected chi connectivity index (χ1v) is 19.6. The third-order valence-corrected chi connectivity index (χ3v) is 11.8. The fourth-order valence-corrected chi connectivity index (χ4v) is 9.29. The molecule has 0 fully saturated rings. The van der Waals surface area contributed by atoms with E-state index in [1.54, 1.807) is 0 Å². The monoisotopic (exact) mass is 725 g/mol. The number of benzene rings is 9. The second-order valence-corrected chi connectivity index (χ2v) is 15.0. The summed E-state index contributed by atoms with van der Waals surface area (Å²) < 4.78 is 7.27. The normalized spacial score (nSPS) is 11.9. The van der Waals surface area contributed by atoms with Gasteiger partial charge in [-0.15, -0.1) is 0 Å². The van der Waals surface area contributed by atoms with E-state index in [1.807, 2.05) is 0 Å². The molecule has 12 rings (SSSR count). The molecule has 0 aliphatic carbocycles. The minimum Gasteiger partial charge on any atom is -0.309 e. The van der Waals surface area contributed by atoms with E-state index in [0.29, 0.717) is 0 Å². The van der Waals surface area contributed by atoms with Crippen molar-refractivity contribution in [3.63, 3.8) is 0 Å². The molecule has 0 atom stereocenters. The van der Waals surface area contributed by atoms with Crippen molar-refractivity contribution in [2.24, 2.45) is 0 Å². The molecule has 0 spiro atoms. The van der Waals surface area contributed by atoms with Crippen molar-refractivity contribution >= 4 is 65.4 Å². The van der Waals surface area contributed by atoms with Crippen molar-refractivity contribution in [1.29, 1.82) is 0 Å². The highest BCUT2D eigenvalue weighted by Crippen LogP contribution is 2.39. The maximum atomic E-state index is 2.44. The molecule has 3 aromatic heterocycles. The highest BCUT2D eigenvalue weighted by molar-refractivity contribution is 6.14. The number of nitrogens with zero attached hydrogens (tertiary/aromatic N) is 3. The Morgan fingerprint density at radius 1 is 0.193 bits per heavy atom. The van der Waals surface area contributed by atoms with Gasteiger partial charge in [-0.1, -0.05) is 133 Å². The van der Waals surface area contributed by atoms with Crippen LogP contribution >= 0.6 is 0 Å². The van der Waals surface area contributed by atoms with E-state index >= 15 is 0 Å². The Morgan fingerprint density at radius 2 is 0.526 bits per heavy atom. The fraction of sp³-hybridized carbons (Fsp3) is 0. The Bertz CT molecular complexity index is 3470. The van der Waals surface area contributed by atoms with Crippen molar-refractivity contribution in [2.75, 3.05) is 0 Å². The lowest BCUT2D eigenvalue weighted by atomic mass is 9.99. The standard InChI is InChI=1S/C54H35N3/c1-2-14-36(15-3-1)37-16-12-17-38(32-37)39-18-13-19-40(33-39)55-51-26-10-6-22-45(51)47-35-42(29-30-53(47)55)57-52-27-11-7-23-46(52)48-34-41(28-31-54(48)57)56-49-24-8-4-20-43(49)44-21-5-9-25-50(44)56/h1-35H. The van der Waals surface area contributed by atoms with Crippen LogP contribution in [0.4, 0.5) is 0 Å². The molecule has 0 radical (unpaired) electrons. The summed E-state index contributed by atoms with van der Waals surface area (Å²) in [6, 6.07) is 77.4. The van der Waals surface area contributed by atoms with Gasteiger partial charge in [0.1, 0.15) is 0 Å². The van der Waals surface area contributed by atoms with Crippen molar-refractivity contribution in [1.82, 2.24) is 13.7 Å². The molecule has 57 heavy (non-hydrogen) atoms. The maximum Gasteiger partial charge on any atom is 0.0542 e. The molecular weight excluding hydrogens is 691 g/mol. The highest BCUT2D eigenvalue weighted by Gasteiger charge is 2.19. The zero-order chi connectivity index (χ0) is 37.5. The van der Waals surface area contributed by atoms with Gasteiger partial charge in [0, 0.05) is 49.4 Å². The zero-order valence-corrected chi connectivity index (χ0v) is 31.0. The van der Waals surface area contributed by atoms with Crippen LogP contribution in [0.15, 0.2) is 212 Å². The number of fused-ring (bicyclic) bond motifs is 9. The van der Waals surface area contributed by atoms with Crippen LogP contribution in [0.2, 0.25) is 0 Å². The van der Waals surface area contributed by atoms with Gasteiger partial charge < -0.3 is 13.7 Å². The minimum atomic E-state index is 1.14. The number of hydrogen-bond donors (Lipinski definition) is 0. The summed E-state index contributed by atoms with van der Waals surface area (Å²) in [5.74, 6) is 0. The lowest BCUT2D eigenvalue weighted by Crippen LogP contribution is -1.97. The SMILES string of the molecule is c1ccc(-c2cccc(-c3cccc(-n4c5ccccc5c5cc(-n6c7ccccc7c7cc(-n8c9ccccc9c9ccccc98)ccc76)ccc54)c3)c2)cc1. The van der Waals surface area contributed by atoms with Crippen molar-refractivity contribution in [3.8, 4) is 39.3 Å². The molecule has 0 saturated heterocycles. The molecule has 0 amide bonds.